The van der Waals surface area contributed by atoms with Crippen LogP contribution in [0.3, 0.4) is 0 Å². The molecule has 0 aliphatic heterocycles. The van der Waals surface area contributed by atoms with Crippen LogP contribution in [0, 0.1) is 5.92 Å². The molecule has 21 heavy (non-hydrogen) atoms. The van der Waals surface area contributed by atoms with Gasteiger partial charge in [-0.25, -0.2) is 4.98 Å². The zero-order valence-corrected chi connectivity index (χ0v) is 13.6. The van der Waals surface area contributed by atoms with E-state index in [1.54, 1.807) is 0 Å². The van der Waals surface area contributed by atoms with Crippen molar-refractivity contribution in [3.05, 3.63) is 11.6 Å². The van der Waals surface area contributed by atoms with Crippen LogP contribution in [0.15, 0.2) is 6.33 Å². The molecule has 1 fully saturated rings. The first-order valence-corrected chi connectivity index (χ1v) is 8.10. The highest BCUT2D eigenvalue weighted by atomic mass is 35.5. The van der Waals surface area contributed by atoms with Gasteiger partial charge in [-0.2, -0.15) is 9.97 Å². The van der Waals surface area contributed by atoms with Gasteiger partial charge < -0.3 is 9.88 Å². The molecule has 2 atom stereocenters. The number of anilines is 1. The number of imidazole rings is 1. The van der Waals surface area contributed by atoms with Crippen molar-refractivity contribution >= 4 is 28.6 Å². The van der Waals surface area contributed by atoms with E-state index in [9.17, 15) is 0 Å². The van der Waals surface area contributed by atoms with E-state index in [2.05, 4.69) is 45.6 Å². The van der Waals surface area contributed by atoms with E-state index < -0.39 is 0 Å². The van der Waals surface area contributed by atoms with Crippen LogP contribution in [0.5, 0.6) is 0 Å². The zero-order valence-electron chi connectivity index (χ0n) is 12.8. The topological polar surface area (TPSA) is 55.6 Å². The van der Waals surface area contributed by atoms with Crippen molar-refractivity contribution in [1.82, 2.24) is 19.5 Å². The quantitative estimate of drug-likeness (QED) is 0.869. The third-order valence-electron chi connectivity index (χ3n) is 4.39. The lowest BCUT2D eigenvalue weighted by atomic mass is 9.86. The first-order valence-electron chi connectivity index (χ1n) is 7.73. The number of nitrogens with one attached hydrogen (secondary N) is 1. The number of hydrogen-bond acceptors (Lipinski definition) is 4. The summed E-state index contributed by atoms with van der Waals surface area (Å²) in [6.07, 6.45) is 6.86. The van der Waals surface area contributed by atoms with Crippen LogP contribution in [0.2, 0.25) is 5.28 Å². The lowest BCUT2D eigenvalue weighted by Crippen LogP contribution is -2.31. The van der Waals surface area contributed by atoms with E-state index in [1.165, 1.54) is 25.7 Å². The predicted molar refractivity (Wildman–Crippen MR) is 85.8 cm³/mol. The molecule has 0 radical (unpaired) electrons. The molecule has 0 amide bonds. The number of fused-ring (bicyclic) bond motifs is 1. The minimum absolute atomic E-state index is 0.252. The largest absolute Gasteiger partial charge is 0.365 e. The van der Waals surface area contributed by atoms with E-state index in [1.807, 2.05) is 6.33 Å². The standard InChI is InChI=1S/C15H22ClN5/c1-9(2)21-8-17-13-12(21)14(20-15(16)19-13)18-11-7-5-4-6-10(11)3/h8-11H,4-7H2,1-3H3,(H,18,19,20). The van der Waals surface area contributed by atoms with Crippen LogP contribution in [-0.2, 0) is 0 Å². The number of halogens is 1. The fourth-order valence-electron chi connectivity index (χ4n) is 3.12. The average molecular weight is 308 g/mol. The monoisotopic (exact) mass is 307 g/mol. The highest BCUT2D eigenvalue weighted by Crippen LogP contribution is 2.30. The minimum Gasteiger partial charge on any atom is -0.365 e. The van der Waals surface area contributed by atoms with Crippen molar-refractivity contribution in [3.63, 3.8) is 0 Å². The van der Waals surface area contributed by atoms with Crippen LogP contribution >= 0.6 is 11.6 Å². The summed E-state index contributed by atoms with van der Waals surface area (Å²) >= 11 is 6.06. The van der Waals surface area contributed by atoms with Crippen LogP contribution in [0.4, 0.5) is 5.82 Å². The number of nitrogens with zero attached hydrogens (tertiary/aromatic N) is 4. The van der Waals surface area contributed by atoms with Gasteiger partial charge in [0, 0.05) is 12.1 Å². The molecule has 114 valence electrons. The summed E-state index contributed by atoms with van der Waals surface area (Å²) in [5.41, 5.74) is 1.61. The Labute approximate surface area is 130 Å². The molecular weight excluding hydrogens is 286 g/mol. The fourth-order valence-corrected chi connectivity index (χ4v) is 3.28. The molecule has 2 unspecified atom stereocenters. The molecule has 1 aliphatic rings. The normalized spacial score (nSPS) is 22.9. The van der Waals surface area contributed by atoms with Crippen LogP contribution < -0.4 is 5.32 Å². The molecule has 0 bridgehead atoms. The molecule has 5 nitrogen and oxygen atoms in total. The van der Waals surface area contributed by atoms with Crippen molar-refractivity contribution in [1.29, 1.82) is 0 Å². The Bertz CT molecular complexity index is 636. The van der Waals surface area contributed by atoms with Crippen molar-refractivity contribution in [2.24, 2.45) is 5.92 Å². The molecule has 3 rings (SSSR count). The summed E-state index contributed by atoms with van der Waals surface area (Å²) < 4.78 is 2.10. The van der Waals surface area contributed by atoms with Gasteiger partial charge >= 0.3 is 0 Å². The first kappa shape index (κ1) is 14.6. The summed E-state index contributed by atoms with van der Waals surface area (Å²) in [6.45, 7) is 6.56. The van der Waals surface area contributed by atoms with E-state index in [0.29, 0.717) is 23.6 Å². The number of aromatic nitrogens is 4. The molecule has 2 heterocycles. The van der Waals surface area contributed by atoms with Crippen molar-refractivity contribution < 1.29 is 0 Å². The summed E-state index contributed by atoms with van der Waals surface area (Å²) in [7, 11) is 0. The Morgan fingerprint density at radius 2 is 2.05 bits per heavy atom. The average Bonchev–Trinajstić information content (AvgIpc) is 2.85. The van der Waals surface area contributed by atoms with E-state index in [0.717, 1.165) is 11.3 Å². The molecule has 1 N–H and O–H groups in total. The lowest BCUT2D eigenvalue weighted by Gasteiger charge is -2.30. The van der Waals surface area contributed by atoms with Crippen molar-refractivity contribution in [2.75, 3.05) is 5.32 Å². The maximum atomic E-state index is 6.06. The van der Waals surface area contributed by atoms with Crippen LogP contribution in [0.25, 0.3) is 11.2 Å². The molecular formula is C15H22ClN5. The van der Waals surface area contributed by atoms with Gasteiger partial charge in [-0.3, -0.25) is 0 Å². The van der Waals surface area contributed by atoms with Gasteiger partial charge in [0.15, 0.2) is 11.5 Å². The molecule has 0 saturated heterocycles. The van der Waals surface area contributed by atoms with E-state index >= 15 is 0 Å². The Kier molecular flexibility index (Phi) is 4.02. The second-order valence-electron chi connectivity index (χ2n) is 6.27. The number of rotatable bonds is 3. The molecule has 2 aromatic heterocycles. The highest BCUT2D eigenvalue weighted by molar-refractivity contribution is 6.28. The highest BCUT2D eigenvalue weighted by Gasteiger charge is 2.23. The maximum Gasteiger partial charge on any atom is 0.226 e. The Morgan fingerprint density at radius 3 is 2.76 bits per heavy atom. The molecule has 1 saturated carbocycles. The predicted octanol–water partition coefficient (Wildman–Crippen LogP) is 4.05. The zero-order chi connectivity index (χ0) is 15.0. The van der Waals surface area contributed by atoms with Gasteiger partial charge in [-0.15, -0.1) is 0 Å². The lowest BCUT2D eigenvalue weighted by molar-refractivity contribution is 0.349. The van der Waals surface area contributed by atoms with Gasteiger partial charge in [-0.1, -0.05) is 19.8 Å². The second kappa shape index (κ2) is 5.79. The van der Waals surface area contributed by atoms with Gasteiger partial charge in [-0.05, 0) is 44.2 Å². The summed E-state index contributed by atoms with van der Waals surface area (Å²) in [5.74, 6) is 1.47. The van der Waals surface area contributed by atoms with E-state index in [4.69, 9.17) is 11.6 Å². The van der Waals surface area contributed by atoms with Crippen molar-refractivity contribution in [2.45, 2.75) is 58.5 Å². The van der Waals surface area contributed by atoms with Crippen molar-refractivity contribution in [3.8, 4) is 0 Å². The van der Waals surface area contributed by atoms with Gasteiger partial charge in [0.1, 0.15) is 5.52 Å². The van der Waals surface area contributed by atoms with Crippen LogP contribution in [0.1, 0.15) is 52.5 Å². The van der Waals surface area contributed by atoms with Crippen LogP contribution in [-0.4, -0.2) is 25.6 Å². The summed E-state index contributed by atoms with van der Waals surface area (Å²) in [6, 6.07) is 0.757. The Morgan fingerprint density at radius 1 is 1.29 bits per heavy atom. The molecule has 1 aliphatic carbocycles. The van der Waals surface area contributed by atoms with Gasteiger partial charge in [0.05, 0.1) is 6.33 Å². The molecule has 2 aromatic rings. The molecule has 0 spiro atoms. The fraction of sp³-hybridized carbons (Fsp3) is 0.667. The minimum atomic E-state index is 0.252. The van der Waals surface area contributed by atoms with E-state index in [-0.39, 0.29) is 5.28 Å². The smallest absolute Gasteiger partial charge is 0.226 e. The van der Waals surface area contributed by atoms with Gasteiger partial charge in [0.25, 0.3) is 0 Å². The first-order chi connectivity index (χ1) is 10.1. The SMILES string of the molecule is CC1CCCCC1Nc1nc(Cl)nc2ncn(C(C)C)c12. The second-order valence-corrected chi connectivity index (χ2v) is 6.61. The Balaban J connectivity index is 2.01. The van der Waals surface area contributed by atoms with Gasteiger partial charge in [0.2, 0.25) is 5.28 Å². The third kappa shape index (κ3) is 2.84. The number of hydrogen-bond donors (Lipinski definition) is 1. The third-order valence-corrected chi connectivity index (χ3v) is 4.56. The summed E-state index contributed by atoms with van der Waals surface area (Å²) in [5, 5.41) is 3.85. The molecule has 6 heteroatoms. The maximum absolute atomic E-state index is 6.06. The summed E-state index contributed by atoms with van der Waals surface area (Å²) in [4.78, 5) is 13.0. The Hall–Kier alpha value is -1.36. The molecule has 0 aromatic carbocycles.